The molecule has 1 atom stereocenters. The number of hydrogen-bond donors (Lipinski definition) is 0. The number of carbonyl (C=O) groups is 1. The van der Waals surface area contributed by atoms with Crippen molar-refractivity contribution in [2.24, 2.45) is 0 Å². The number of anilines is 1. The first-order valence-electron chi connectivity index (χ1n) is 9.33. The molecule has 144 valence electrons. The third-order valence-corrected chi connectivity index (χ3v) is 5.07. The number of hydrogen-bond acceptors (Lipinski definition) is 4. The molecule has 27 heavy (non-hydrogen) atoms. The highest BCUT2D eigenvalue weighted by Crippen LogP contribution is 2.24. The van der Waals surface area contributed by atoms with Crippen LogP contribution in [0, 0.1) is 12.7 Å². The van der Waals surface area contributed by atoms with Crippen LogP contribution in [0.2, 0.25) is 0 Å². The van der Waals surface area contributed by atoms with Crippen LogP contribution >= 0.6 is 0 Å². The monoisotopic (exact) mass is 370 g/mol. The molecule has 0 bridgehead atoms. The number of aromatic nitrogens is 1. The molecule has 0 spiro atoms. The molecule has 1 aromatic heterocycles. The summed E-state index contributed by atoms with van der Waals surface area (Å²) in [5, 5.41) is 0. The second-order valence-electron chi connectivity index (χ2n) is 7.25. The van der Waals surface area contributed by atoms with Crippen molar-refractivity contribution in [3.63, 3.8) is 0 Å². The van der Waals surface area contributed by atoms with E-state index in [0.717, 1.165) is 37.2 Å². The molecule has 1 aliphatic heterocycles. The molecule has 1 amide bonds. The molecule has 0 aliphatic carbocycles. The second-order valence-corrected chi connectivity index (χ2v) is 7.25. The minimum Gasteiger partial charge on any atom is -0.369 e. The van der Waals surface area contributed by atoms with E-state index in [1.54, 1.807) is 12.1 Å². The first kappa shape index (κ1) is 19.3. The average molecular weight is 370 g/mol. The van der Waals surface area contributed by atoms with E-state index >= 15 is 0 Å². The lowest BCUT2D eigenvalue weighted by Crippen LogP contribution is -2.42. The molecular formula is C21H27FN4O. The van der Waals surface area contributed by atoms with Gasteiger partial charge in [-0.05, 0) is 56.8 Å². The normalized spacial score (nSPS) is 16.3. The van der Waals surface area contributed by atoms with Crippen molar-refractivity contribution in [3.8, 4) is 0 Å². The van der Waals surface area contributed by atoms with E-state index in [1.807, 2.05) is 42.4 Å². The van der Waals surface area contributed by atoms with E-state index in [0.29, 0.717) is 6.54 Å². The number of likely N-dealkylation sites (N-methyl/N-ethyl adjacent to an activating group) is 1. The summed E-state index contributed by atoms with van der Waals surface area (Å²) >= 11 is 0. The van der Waals surface area contributed by atoms with E-state index in [1.165, 1.54) is 17.8 Å². The van der Waals surface area contributed by atoms with Crippen LogP contribution in [0.4, 0.5) is 10.1 Å². The number of pyridine rings is 1. The Morgan fingerprint density at radius 2 is 1.85 bits per heavy atom. The minimum absolute atomic E-state index is 0.0694. The Hall–Kier alpha value is -2.47. The maximum absolute atomic E-state index is 13.3. The van der Waals surface area contributed by atoms with E-state index in [4.69, 9.17) is 0 Å². The van der Waals surface area contributed by atoms with Crippen molar-refractivity contribution >= 4 is 11.6 Å². The van der Waals surface area contributed by atoms with Gasteiger partial charge in [-0.25, -0.2) is 4.39 Å². The molecular weight excluding hydrogens is 343 g/mol. The molecule has 0 saturated carbocycles. The van der Waals surface area contributed by atoms with Crippen molar-refractivity contribution in [1.82, 2.24) is 14.8 Å². The number of aryl methyl sites for hydroxylation is 1. The van der Waals surface area contributed by atoms with Crippen LogP contribution in [-0.4, -0.2) is 61.0 Å². The van der Waals surface area contributed by atoms with Gasteiger partial charge in [-0.3, -0.25) is 14.7 Å². The van der Waals surface area contributed by atoms with Gasteiger partial charge in [0.2, 0.25) is 5.91 Å². The molecule has 2 heterocycles. The summed E-state index contributed by atoms with van der Waals surface area (Å²) in [6.45, 7) is 5.17. The van der Waals surface area contributed by atoms with Gasteiger partial charge < -0.3 is 9.80 Å². The van der Waals surface area contributed by atoms with Crippen molar-refractivity contribution in [2.75, 3.05) is 45.2 Å². The van der Waals surface area contributed by atoms with Gasteiger partial charge in [-0.1, -0.05) is 12.1 Å². The highest BCUT2D eigenvalue weighted by atomic mass is 19.1. The zero-order chi connectivity index (χ0) is 19.4. The lowest BCUT2D eigenvalue weighted by atomic mass is 10.0. The number of nitrogens with zero attached hydrogens (tertiary/aromatic N) is 4. The quantitative estimate of drug-likeness (QED) is 0.830. The lowest BCUT2D eigenvalue weighted by molar-refractivity contribution is -0.136. The Balaban J connectivity index is 1.74. The highest BCUT2D eigenvalue weighted by molar-refractivity contribution is 5.83. The fourth-order valence-electron chi connectivity index (χ4n) is 3.68. The summed E-state index contributed by atoms with van der Waals surface area (Å²) in [4.78, 5) is 23.6. The fourth-order valence-corrected chi connectivity index (χ4v) is 3.68. The Labute approximate surface area is 160 Å². The largest absolute Gasteiger partial charge is 0.369 e. The molecule has 5 nitrogen and oxygen atoms in total. The number of amides is 1. The Kier molecular flexibility index (Phi) is 6.06. The van der Waals surface area contributed by atoms with E-state index < -0.39 is 6.04 Å². The topological polar surface area (TPSA) is 39.7 Å². The number of rotatable bonds is 4. The van der Waals surface area contributed by atoms with Crippen molar-refractivity contribution in [3.05, 3.63) is 59.7 Å². The molecule has 1 saturated heterocycles. The molecule has 2 aromatic rings. The number of halogens is 1. The number of benzene rings is 1. The maximum atomic E-state index is 13.3. The van der Waals surface area contributed by atoms with Gasteiger partial charge in [0, 0.05) is 44.3 Å². The van der Waals surface area contributed by atoms with Gasteiger partial charge in [-0.15, -0.1) is 0 Å². The fraction of sp³-hybridized carbons (Fsp3) is 0.429. The van der Waals surface area contributed by atoms with Gasteiger partial charge in [-0.2, -0.15) is 0 Å². The van der Waals surface area contributed by atoms with Crippen LogP contribution in [0.1, 0.15) is 23.6 Å². The first-order chi connectivity index (χ1) is 13.0. The first-order valence-corrected chi connectivity index (χ1v) is 9.33. The van der Waals surface area contributed by atoms with Crippen LogP contribution in [0.15, 0.2) is 42.7 Å². The molecule has 0 unspecified atom stereocenters. The zero-order valence-corrected chi connectivity index (χ0v) is 16.2. The summed E-state index contributed by atoms with van der Waals surface area (Å²) in [5.41, 5.74) is 3.15. The van der Waals surface area contributed by atoms with Crippen molar-refractivity contribution in [1.29, 1.82) is 0 Å². The van der Waals surface area contributed by atoms with Crippen LogP contribution in [0.25, 0.3) is 0 Å². The third-order valence-electron chi connectivity index (χ3n) is 5.07. The van der Waals surface area contributed by atoms with Crippen LogP contribution < -0.4 is 4.90 Å². The molecule has 1 aromatic carbocycles. The summed E-state index contributed by atoms with van der Waals surface area (Å²) in [6.07, 6.45) is 4.60. The lowest BCUT2D eigenvalue weighted by Gasteiger charge is -2.30. The van der Waals surface area contributed by atoms with Crippen LogP contribution in [0.5, 0.6) is 0 Å². The van der Waals surface area contributed by atoms with Crippen LogP contribution in [0.3, 0.4) is 0 Å². The Morgan fingerprint density at radius 3 is 2.52 bits per heavy atom. The van der Waals surface area contributed by atoms with E-state index in [-0.39, 0.29) is 11.7 Å². The van der Waals surface area contributed by atoms with Gasteiger partial charge in [0.05, 0.1) is 0 Å². The van der Waals surface area contributed by atoms with E-state index in [9.17, 15) is 9.18 Å². The standard InChI is InChI=1S/C21H27FN4O/c1-16-15-23-10-9-19(16)25-11-4-12-26(14-13-25)21(27)20(24(2)3)17-5-7-18(22)8-6-17/h5-10,15,20H,4,11-14H2,1-3H3/t20-/m0/s1. The summed E-state index contributed by atoms with van der Waals surface area (Å²) in [7, 11) is 3.77. The predicted molar refractivity (Wildman–Crippen MR) is 105 cm³/mol. The van der Waals surface area contributed by atoms with Gasteiger partial charge in [0.15, 0.2) is 0 Å². The van der Waals surface area contributed by atoms with Gasteiger partial charge in [0.25, 0.3) is 0 Å². The molecule has 1 aliphatic rings. The summed E-state index contributed by atoms with van der Waals surface area (Å²) in [5.74, 6) is -0.221. The molecule has 3 rings (SSSR count). The molecule has 1 fully saturated rings. The smallest absolute Gasteiger partial charge is 0.244 e. The predicted octanol–water partition coefficient (Wildman–Crippen LogP) is 2.87. The molecule has 0 N–H and O–H groups in total. The summed E-state index contributed by atoms with van der Waals surface area (Å²) in [6, 6.07) is 7.85. The maximum Gasteiger partial charge on any atom is 0.244 e. The Bertz CT molecular complexity index is 778. The highest BCUT2D eigenvalue weighted by Gasteiger charge is 2.29. The zero-order valence-electron chi connectivity index (χ0n) is 16.2. The molecule has 6 heteroatoms. The third kappa shape index (κ3) is 4.45. The Morgan fingerprint density at radius 1 is 1.11 bits per heavy atom. The SMILES string of the molecule is Cc1cnccc1N1CCCN(C(=O)[C@H](c2ccc(F)cc2)N(C)C)CC1. The van der Waals surface area contributed by atoms with Crippen molar-refractivity contribution in [2.45, 2.75) is 19.4 Å². The van der Waals surface area contributed by atoms with Crippen LogP contribution in [-0.2, 0) is 4.79 Å². The number of carbonyl (C=O) groups excluding carboxylic acids is 1. The minimum atomic E-state index is -0.403. The van der Waals surface area contributed by atoms with Gasteiger partial charge >= 0.3 is 0 Å². The summed E-state index contributed by atoms with van der Waals surface area (Å²) < 4.78 is 13.3. The van der Waals surface area contributed by atoms with E-state index in [2.05, 4.69) is 16.8 Å². The van der Waals surface area contributed by atoms with Gasteiger partial charge in [0.1, 0.15) is 11.9 Å². The average Bonchev–Trinajstić information content (AvgIpc) is 2.90. The van der Waals surface area contributed by atoms with Crippen molar-refractivity contribution < 1.29 is 9.18 Å². The molecule has 0 radical (unpaired) electrons. The second kappa shape index (κ2) is 8.48.